The number of hydrogen-bond acceptors (Lipinski definition) is 7. The third-order valence-electron chi connectivity index (χ3n) is 6.56. The lowest BCUT2D eigenvalue weighted by atomic mass is 9.84. The Hall–Kier alpha value is -3.07. The van der Waals surface area contributed by atoms with Crippen molar-refractivity contribution in [2.24, 2.45) is 0 Å². The number of esters is 1. The van der Waals surface area contributed by atoms with Crippen LogP contribution in [0.4, 0.5) is 0 Å². The third-order valence-corrected chi connectivity index (χ3v) is 6.56. The molecule has 0 aliphatic carbocycles. The van der Waals surface area contributed by atoms with Gasteiger partial charge in [-0.25, -0.2) is 4.79 Å². The van der Waals surface area contributed by atoms with Crippen LogP contribution >= 0.6 is 0 Å². The number of carbonyl (C=O) groups is 1. The van der Waals surface area contributed by atoms with E-state index in [9.17, 15) is 9.90 Å². The maximum absolute atomic E-state index is 13.1. The van der Waals surface area contributed by atoms with E-state index in [0.717, 1.165) is 11.1 Å². The number of benzene rings is 3. The van der Waals surface area contributed by atoms with Crippen molar-refractivity contribution in [1.29, 1.82) is 0 Å². The second kappa shape index (κ2) is 15.4. The Morgan fingerprint density at radius 3 is 1.74 bits per heavy atom. The minimum Gasteiger partial charge on any atom is -0.453 e. The van der Waals surface area contributed by atoms with E-state index in [1.54, 1.807) is 24.3 Å². The molecule has 0 spiro atoms. The first-order valence-electron chi connectivity index (χ1n) is 12.8. The van der Waals surface area contributed by atoms with Crippen molar-refractivity contribution in [3.8, 4) is 0 Å². The highest BCUT2D eigenvalue weighted by molar-refractivity contribution is 5.89. The number of ether oxygens (including phenoxy) is 5. The lowest BCUT2D eigenvalue weighted by Crippen LogP contribution is -2.61. The van der Waals surface area contributed by atoms with Crippen LogP contribution in [0.2, 0.25) is 0 Å². The van der Waals surface area contributed by atoms with E-state index in [-0.39, 0.29) is 19.6 Å². The van der Waals surface area contributed by atoms with E-state index < -0.39 is 29.9 Å². The first-order chi connectivity index (χ1) is 18.5. The molecule has 3 aromatic carbocycles. The quantitative estimate of drug-likeness (QED) is 0.270. The van der Waals surface area contributed by atoms with E-state index in [1.807, 2.05) is 73.7 Å². The lowest BCUT2D eigenvalue weighted by molar-refractivity contribution is -0.210. The molecular weight excluding hydrogens is 484 g/mol. The van der Waals surface area contributed by atoms with Crippen molar-refractivity contribution in [2.45, 2.75) is 50.5 Å². The van der Waals surface area contributed by atoms with Gasteiger partial charge in [0.15, 0.2) is 6.10 Å². The summed E-state index contributed by atoms with van der Waals surface area (Å²) in [6.07, 6.45) is -2.48. The van der Waals surface area contributed by atoms with E-state index in [4.69, 9.17) is 23.7 Å². The molecule has 0 bridgehead atoms. The monoisotopic (exact) mass is 522 g/mol. The summed E-state index contributed by atoms with van der Waals surface area (Å²) >= 11 is 0. The SMILES string of the molecule is CC[C@](O)([C@H](OC(=O)c1ccccc1)[C@@H](COCc1ccccc1)OC)[C@@H](COCc1ccccc1)OC. The molecular formula is C31H38O7. The largest absolute Gasteiger partial charge is 0.453 e. The van der Waals surface area contributed by atoms with Crippen LogP contribution in [-0.2, 0) is 36.9 Å². The highest BCUT2D eigenvalue weighted by Gasteiger charge is 2.50. The van der Waals surface area contributed by atoms with Crippen molar-refractivity contribution in [3.05, 3.63) is 108 Å². The summed E-state index contributed by atoms with van der Waals surface area (Å²) in [5.74, 6) is -0.576. The Morgan fingerprint density at radius 2 is 1.26 bits per heavy atom. The van der Waals surface area contributed by atoms with Crippen LogP contribution in [-0.4, -0.2) is 62.4 Å². The minimum atomic E-state index is -1.63. The second-order valence-corrected chi connectivity index (χ2v) is 9.04. The summed E-state index contributed by atoms with van der Waals surface area (Å²) in [6.45, 7) is 2.67. The molecule has 1 N–H and O–H groups in total. The maximum Gasteiger partial charge on any atom is 0.338 e. The van der Waals surface area contributed by atoms with Crippen molar-refractivity contribution >= 4 is 5.97 Å². The average Bonchev–Trinajstić information content (AvgIpc) is 2.97. The van der Waals surface area contributed by atoms with E-state index in [0.29, 0.717) is 18.8 Å². The molecule has 0 saturated heterocycles. The van der Waals surface area contributed by atoms with E-state index in [2.05, 4.69) is 0 Å². The number of aliphatic hydroxyl groups is 1. The first kappa shape index (κ1) is 29.5. The fraction of sp³-hybridized carbons (Fsp3) is 0.387. The van der Waals surface area contributed by atoms with Gasteiger partial charge in [0.25, 0.3) is 0 Å². The van der Waals surface area contributed by atoms with Crippen LogP contribution in [0.15, 0.2) is 91.0 Å². The maximum atomic E-state index is 13.1. The van der Waals surface area contributed by atoms with Gasteiger partial charge in [0.05, 0.1) is 32.0 Å². The molecule has 7 heteroatoms. The molecule has 0 radical (unpaired) electrons. The average molecular weight is 523 g/mol. The third kappa shape index (κ3) is 8.21. The topological polar surface area (TPSA) is 83.5 Å². The normalized spacial score (nSPS) is 15.3. The molecule has 38 heavy (non-hydrogen) atoms. The van der Waals surface area contributed by atoms with Crippen LogP contribution in [0.1, 0.15) is 34.8 Å². The zero-order valence-corrected chi connectivity index (χ0v) is 22.3. The van der Waals surface area contributed by atoms with Crippen molar-refractivity contribution < 1.29 is 33.6 Å². The standard InChI is InChI=1S/C31H38O7/c1-4-31(33,28(35-3)23-37-21-25-16-10-6-11-17-25)29(38-30(32)26-18-12-7-13-19-26)27(34-2)22-36-20-24-14-8-5-9-15-24/h5-19,27-29,33H,4,20-23H2,1-3H3/t27-,28-,29-,31-/m1/s1. The molecule has 0 heterocycles. The van der Waals surface area contributed by atoms with Gasteiger partial charge in [-0.2, -0.15) is 0 Å². The summed E-state index contributed by atoms with van der Waals surface area (Å²) in [7, 11) is 3.00. The van der Waals surface area contributed by atoms with Crippen molar-refractivity contribution in [2.75, 3.05) is 27.4 Å². The molecule has 4 atom stereocenters. The van der Waals surface area contributed by atoms with Gasteiger partial charge in [0, 0.05) is 14.2 Å². The van der Waals surface area contributed by atoms with Crippen LogP contribution in [0, 0.1) is 0 Å². The number of carbonyl (C=O) groups excluding carboxylic acids is 1. The second-order valence-electron chi connectivity index (χ2n) is 9.04. The lowest BCUT2D eigenvalue weighted by Gasteiger charge is -2.42. The van der Waals surface area contributed by atoms with E-state index in [1.165, 1.54) is 14.2 Å². The molecule has 0 unspecified atom stereocenters. The molecule has 0 amide bonds. The summed E-state index contributed by atoms with van der Waals surface area (Å²) in [5.41, 5.74) is 0.728. The minimum absolute atomic E-state index is 0.0798. The molecule has 3 aromatic rings. The fourth-order valence-electron chi connectivity index (χ4n) is 4.29. The summed E-state index contributed by atoms with van der Waals surface area (Å²) < 4.78 is 29.3. The summed E-state index contributed by atoms with van der Waals surface area (Å²) in [4.78, 5) is 13.1. The van der Waals surface area contributed by atoms with Gasteiger partial charge in [0.1, 0.15) is 17.8 Å². The van der Waals surface area contributed by atoms with Crippen LogP contribution in [0.25, 0.3) is 0 Å². The predicted molar refractivity (Wildman–Crippen MR) is 145 cm³/mol. The Balaban J connectivity index is 1.80. The van der Waals surface area contributed by atoms with Gasteiger partial charge < -0.3 is 28.8 Å². The van der Waals surface area contributed by atoms with Crippen LogP contribution < -0.4 is 0 Å². The smallest absolute Gasteiger partial charge is 0.338 e. The highest BCUT2D eigenvalue weighted by Crippen LogP contribution is 2.30. The Labute approximate surface area is 225 Å². The molecule has 7 nitrogen and oxygen atoms in total. The van der Waals surface area contributed by atoms with Gasteiger partial charge in [-0.05, 0) is 29.7 Å². The van der Waals surface area contributed by atoms with Gasteiger partial charge in [0.2, 0.25) is 0 Å². The predicted octanol–water partition coefficient (Wildman–Crippen LogP) is 4.82. The Bertz CT molecular complexity index is 1060. The fourth-order valence-corrected chi connectivity index (χ4v) is 4.29. The zero-order chi connectivity index (χ0) is 27.2. The molecule has 0 aliphatic heterocycles. The summed E-state index contributed by atoms with van der Waals surface area (Å²) in [5, 5.41) is 12.0. The number of rotatable bonds is 16. The molecule has 0 aliphatic rings. The zero-order valence-electron chi connectivity index (χ0n) is 22.3. The van der Waals surface area contributed by atoms with Gasteiger partial charge in [-0.3, -0.25) is 0 Å². The van der Waals surface area contributed by atoms with Crippen LogP contribution in [0.5, 0.6) is 0 Å². The van der Waals surface area contributed by atoms with Crippen molar-refractivity contribution in [3.63, 3.8) is 0 Å². The Morgan fingerprint density at radius 1 is 0.763 bits per heavy atom. The molecule has 0 fully saturated rings. The molecule has 3 rings (SSSR count). The molecule has 0 aromatic heterocycles. The van der Waals surface area contributed by atoms with Gasteiger partial charge in [-0.15, -0.1) is 0 Å². The number of hydrogen-bond donors (Lipinski definition) is 1. The highest BCUT2D eigenvalue weighted by atomic mass is 16.6. The van der Waals surface area contributed by atoms with Crippen LogP contribution in [0.3, 0.4) is 0 Å². The van der Waals surface area contributed by atoms with Gasteiger partial charge >= 0.3 is 5.97 Å². The molecule has 204 valence electrons. The number of methoxy groups -OCH3 is 2. The molecule has 0 saturated carbocycles. The van der Waals surface area contributed by atoms with Crippen molar-refractivity contribution in [1.82, 2.24) is 0 Å². The first-order valence-corrected chi connectivity index (χ1v) is 12.8. The van der Waals surface area contributed by atoms with Gasteiger partial charge in [-0.1, -0.05) is 85.8 Å². The summed E-state index contributed by atoms with van der Waals surface area (Å²) in [6, 6.07) is 28.1. The van der Waals surface area contributed by atoms with E-state index >= 15 is 0 Å². The Kier molecular flexibility index (Phi) is 11.9.